The van der Waals surface area contributed by atoms with Crippen LogP contribution >= 0.6 is 0 Å². The van der Waals surface area contributed by atoms with E-state index in [1.807, 2.05) is 6.08 Å². The maximum absolute atomic E-state index is 9.30. The number of hydrogen-bond acceptors (Lipinski definition) is 4. The first-order valence-electron chi connectivity index (χ1n) is 5.85. The Morgan fingerprint density at radius 3 is 1.71 bits per heavy atom. The predicted molar refractivity (Wildman–Crippen MR) is 79.0 cm³/mol. The van der Waals surface area contributed by atoms with Crippen molar-refractivity contribution in [1.82, 2.24) is 0 Å². The first-order chi connectivity index (χ1) is 9.86. The van der Waals surface area contributed by atoms with Crippen LogP contribution in [0.5, 0.6) is 17.2 Å². The lowest BCUT2D eigenvalue weighted by Crippen LogP contribution is -2.03. The maximum Gasteiger partial charge on any atom is 0.402 e. The smallest absolute Gasteiger partial charge is 0.402 e. The van der Waals surface area contributed by atoms with E-state index in [1.54, 1.807) is 42.5 Å². The van der Waals surface area contributed by atoms with E-state index in [0.29, 0.717) is 5.56 Å². The van der Waals surface area contributed by atoms with Crippen LogP contribution < -0.4 is 5.73 Å². The highest BCUT2D eigenvalue weighted by Gasteiger charge is 1.95. The lowest BCUT2D eigenvalue weighted by Gasteiger charge is -1.98. The highest BCUT2D eigenvalue weighted by atomic mass is 16.4. The van der Waals surface area contributed by atoms with Crippen molar-refractivity contribution in [1.29, 1.82) is 0 Å². The summed E-state index contributed by atoms with van der Waals surface area (Å²) in [4.78, 5) is 8.78. The molecule has 6 nitrogen and oxygen atoms in total. The van der Waals surface area contributed by atoms with Gasteiger partial charge in [-0.25, -0.2) is 4.79 Å². The summed E-state index contributed by atoms with van der Waals surface area (Å²) in [5.41, 5.74) is 5.65. The molecule has 0 aliphatic carbocycles. The van der Waals surface area contributed by atoms with Gasteiger partial charge in [-0.2, -0.15) is 0 Å². The number of phenolic OH excluding ortho intramolecular Hbond substituents is 3. The van der Waals surface area contributed by atoms with Gasteiger partial charge in [0.05, 0.1) is 0 Å². The molecule has 0 spiro atoms. The Kier molecular flexibility index (Phi) is 5.64. The molecule has 0 unspecified atom stereocenters. The molecule has 0 aliphatic rings. The number of nitrogens with two attached hydrogens (primary N) is 1. The van der Waals surface area contributed by atoms with Crippen molar-refractivity contribution in [3.63, 3.8) is 0 Å². The monoisotopic (exact) mass is 289 g/mol. The summed E-state index contributed by atoms with van der Waals surface area (Å²) >= 11 is 0. The molecule has 0 saturated heterocycles. The summed E-state index contributed by atoms with van der Waals surface area (Å²) in [5, 5.41) is 34.9. The quantitative estimate of drug-likeness (QED) is 0.543. The van der Waals surface area contributed by atoms with Crippen LogP contribution in [0.2, 0.25) is 0 Å². The molecular weight excluding hydrogens is 274 g/mol. The fourth-order valence-corrected chi connectivity index (χ4v) is 1.49. The molecule has 110 valence electrons. The average molecular weight is 289 g/mol. The van der Waals surface area contributed by atoms with Crippen LogP contribution in [0.1, 0.15) is 11.1 Å². The molecule has 0 aliphatic heterocycles. The molecule has 0 fully saturated rings. The van der Waals surface area contributed by atoms with Crippen LogP contribution in [0.25, 0.3) is 12.2 Å². The van der Waals surface area contributed by atoms with E-state index in [9.17, 15) is 10.2 Å². The molecule has 2 rings (SSSR count). The molecule has 6 N–H and O–H groups in total. The van der Waals surface area contributed by atoms with E-state index in [2.05, 4.69) is 5.73 Å². The van der Waals surface area contributed by atoms with Gasteiger partial charge in [-0.15, -0.1) is 0 Å². The van der Waals surface area contributed by atoms with Gasteiger partial charge in [0.1, 0.15) is 17.2 Å². The summed E-state index contributed by atoms with van der Waals surface area (Å²) in [6.45, 7) is 0. The second-order valence-corrected chi connectivity index (χ2v) is 4.05. The van der Waals surface area contributed by atoms with Crippen molar-refractivity contribution in [2.75, 3.05) is 0 Å². The summed E-state index contributed by atoms with van der Waals surface area (Å²) in [6, 6.07) is 11.1. The summed E-state index contributed by atoms with van der Waals surface area (Å²) < 4.78 is 0. The Morgan fingerprint density at radius 2 is 1.24 bits per heavy atom. The van der Waals surface area contributed by atoms with Crippen molar-refractivity contribution in [3.05, 3.63) is 53.6 Å². The SMILES string of the molecule is NC(=O)O.Oc1ccc(/C=C/c2cc(O)cc(O)c2)cc1. The topological polar surface area (TPSA) is 124 Å². The largest absolute Gasteiger partial charge is 0.508 e. The van der Waals surface area contributed by atoms with Gasteiger partial charge in [0.25, 0.3) is 0 Å². The van der Waals surface area contributed by atoms with Gasteiger partial charge in [-0.05, 0) is 35.4 Å². The first-order valence-corrected chi connectivity index (χ1v) is 5.85. The maximum atomic E-state index is 9.30. The minimum atomic E-state index is -1.33. The molecule has 1 amide bonds. The van der Waals surface area contributed by atoms with Crippen LogP contribution in [0, 0.1) is 0 Å². The second-order valence-electron chi connectivity index (χ2n) is 4.05. The van der Waals surface area contributed by atoms with E-state index in [-0.39, 0.29) is 17.2 Å². The van der Waals surface area contributed by atoms with Crippen LogP contribution in [-0.2, 0) is 0 Å². The number of aromatic hydroxyl groups is 3. The molecular formula is C15H15NO5. The highest BCUT2D eigenvalue weighted by Crippen LogP contribution is 2.22. The molecule has 0 radical (unpaired) electrons. The lowest BCUT2D eigenvalue weighted by molar-refractivity contribution is 0.205. The average Bonchev–Trinajstić information content (AvgIpc) is 2.36. The fraction of sp³-hybridized carbons (Fsp3) is 0. The summed E-state index contributed by atoms with van der Waals surface area (Å²) in [5.74, 6) is 0.267. The van der Waals surface area contributed by atoms with E-state index in [4.69, 9.17) is 15.0 Å². The molecule has 2 aromatic carbocycles. The van der Waals surface area contributed by atoms with Crippen LogP contribution in [0.3, 0.4) is 0 Å². The van der Waals surface area contributed by atoms with Crippen molar-refractivity contribution in [3.8, 4) is 17.2 Å². The Balaban J connectivity index is 0.000000491. The standard InChI is InChI=1S/C14H12O3.CH3NO2/c15-12-5-3-10(4-6-12)1-2-11-7-13(16)9-14(17)8-11;2-1(3)4/h1-9,15-17H;2H2,(H,3,4)/b2-1+;. The van der Waals surface area contributed by atoms with Gasteiger partial charge in [0, 0.05) is 6.07 Å². The minimum Gasteiger partial charge on any atom is -0.508 e. The van der Waals surface area contributed by atoms with Gasteiger partial charge < -0.3 is 26.2 Å². The third-order valence-electron chi connectivity index (χ3n) is 2.29. The normalized spacial score (nSPS) is 9.90. The number of benzene rings is 2. The van der Waals surface area contributed by atoms with Gasteiger partial charge in [-0.1, -0.05) is 24.3 Å². The molecule has 2 aromatic rings. The fourth-order valence-electron chi connectivity index (χ4n) is 1.49. The molecule has 0 aromatic heterocycles. The predicted octanol–water partition coefficient (Wildman–Crippen LogP) is 2.60. The van der Waals surface area contributed by atoms with Crippen molar-refractivity contribution in [2.45, 2.75) is 0 Å². The number of carboxylic acid groups (broad SMARTS) is 1. The summed E-state index contributed by atoms with van der Waals surface area (Å²) in [6.07, 6.45) is 2.26. The zero-order chi connectivity index (χ0) is 15.8. The number of amides is 1. The Bertz CT molecular complexity index is 611. The van der Waals surface area contributed by atoms with E-state index >= 15 is 0 Å². The van der Waals surface area contributed by atoms with Crippen LogP contribution in [-0.4, -0.2) is 26.5 Å². The van der Waals surface area contributed by atoms with Gasteiger partial charge >= 0.3 is 6.09 Å². The molecule has 21 heavy (non-hydrogen) atoms. The number of rotatable bonds is 2. The van der Waals surface area contributed by atoms with E-state index in [0.717, 1.165) is 5.56 Å². The number of hydrogen-bond donors (Lipinski definition) is 5. The molecule has 0 bridgehead atoms. The van der Waals surface area contributed by atoms with Crippen molar-refractivity contribution < 1.29 is 25.2 Å². The van der Waals surface area contributed by atoms with Gasteiger partial charge in [-0.3, -0.25) is 0 Å². The van der Waals surface area contributed by atoms with Crippen LogP contribution in [0.15, 0.2) is 42.5 Å². The zero-order valence-corrected chi connectivity index (χ0v) is 11.0. The first kappa shape index (κ1) is 15.9. The van der Waals surface area contributed by atoms with E-state index in [1.165, 1.54) is 6.07 Å². The highest BCUT2D eigenvalue weighted by molar-refractivity contribution is 5.71. The van der Waals surface area contributed by atoms with Gasteiger partial charge in [0.15, 0.2) is 0 Å². The molecule has 6 heteroatoms. The Labute approximate surface area is 121 Å². The number of primary amides is 1. The second kappa shape index (κ2) is 7.44. The number of carbonyl (C=O) groups is 1. The molecule has 0 saturated carbocycles. The molecule has 0 atom stereocenters. The number of phenols is 3. The van der Waals surface area contributed by atoms with E-state index < -0.39 is 6.09 Å². The Hall–Kier alpha value is -3.15. The Morgan fingerprint density at radius 1 is 0.810 bits per heavy atom. The lowest BCUT2D eigenvalue weighted by atomic mass is 10.1. The third kappa shape index (κ3) is 6.53. The van der Waals surface area contributed by atoms with Crippen molar-refractivity contribution in [2.24, 2.45) is 5.73 Å². The van der Waals surface area contributed by atoms with Gasteiger partial charge in [0.2, 0.25) is 0 Å². The molecule has 0 heterocycles. The third-order valence-corrected chi connectivity index (χ3v) is 2.29. The minimum absolute atomic E-state index is 0.0235. The summed E-state index contributed by atoms with van der Waals surface area (Å²) in [7, 11) is 0. The van der Waals surface area contributed by atoms with Crippen molar-refractivity contribution >= 4 is 18.2 Å². The zero-order valence-electron chi connectivity index (χ0n) is 11.0. The van der Waals surface area contributed by atoms with Crippen LogP contribution in [0.4, 0.5) is 4.79 Å².